The highest BCUT2D eigenvalue weighted by molar-refractivity contribution is 8.18. The number of carbonyl (C=O) groups excluding carboxylic acids is 4. The first-order chi connectivity index (χ1) is 17.7. The van der Waals surface area contributed by atoms with Crippen molar-refractivity contribution in [1.82, 2.24) is 4.90 Å². The Hall–Kier alpha value is -3.79. The number of phenols is 1. The fourth-order valence-electron chi connectivity index (χ4n) is 3.47. The van der Waals surface area contributed by atoms with E-state index in [1.165, 1.54) is 43.5 Å². The Morgan fingerprint density at radius 3 is 2.57 bits per heavy atom. The van der Waals surface area contributed by atoms with Crippen molar-refractivity contribution >= 4 is 69.8 Å². The SMILES string of the molecule is COC(=O)c1cccc(NC(=O)c2cc(/C=C3/SC(=O)N(Cc4ccc(Cl)c(Cl)c4)C3=O)ccc2O)c1. The first-order valence-electron chi connectivity index (χ1n) is 10.7. The summed E-state index contributed by atoms with van der Waals surface area (Å²) in [5.74, 6) is -1.98. The third kappa shape index (κ3) is 5.96. The van der Waals surface area contributed by atoms with E-state index in [0.717, 1.165) is 16.7 Å². The number of nitrogens with one attached hydrogen (secondary N) is 1. The van der Waals surface area contributed by atoms with Gasteiger partial charge in [0.05, 0.1) is 39.7 Å². The number of hydrogen-bond acceptors (Lipinski definition) is 7. The zero-order valence-corrected chi connectivity index (χ0v) is 21.5. The largest absolute Gasteiger partial charge is 0.507 e. The summed E-state index contributed by atoms with van der Waals surface area (Å²) >= 11 is 12.7. The molecule has 3 aromatic carbocycles. The molecule has 0 aliphatic carbocycles. The molecule has 0 radical (unpaired) electrons. The maximum atomic E-state index is 12.9. The molecule has 4 rings (SSSR count). The van der Waals surface area contributed by atoms with Crippen molar-refractivity contribution in [3.8, 4) is 5.75 Å². The number of anilines is 1. The van der Waals surface area contributed by atoms with Crippen LogP contribution < -0.4 is 5.32 Å². The lowest BCUT2D eigenvalue weighted by atomic mass is 10.1. The van der Waals surface area contributed by atoms with Gasteiger partial charge < -0.3 is 15.2 Å². The van der Waals surface area contributed by atoms with Gasteiger partial charge in [0.1, 0.15) is 5.75 Å². The molecule has 11 heteroatoms. The van der Waals surface area contributed by atoms with Crippen molar-refractivity contribution in [2.24, 2.45) is 0 Å². The number of esters is 1. The predicted octanol–water partition coefficient (Wildman–Crippen LogP) is 5.97. The van der Waals surface area contributed by atoms with E-state index in [-0.39, 0.29) is 28.3 Å². The van der Waals surface area contributed by atoms with Crippen molar-refractivity contribution in [1.29, 1.82) is 0 Å². The molecule has 188 valence electrons. The topological polar surface area (TPSA) is 113 Å². The monoisotopic (exact) mass is 556 g/mol. The van der Waals surface area contributed by atoms with E-state index in [2.05, 4.69) is 10.1 Å². The smallest absolute Gasteiger partial charge is 0.337 e. The molecule has 1 heterocycles. The molecule has 2 N–H and O–H groups in total. The summed E-state index contributed by atoms with van der Waals surface area (Å²) in [4.78, 5) is 51.2. The van der Waals surface area contributed by atoms with Crippen LogP contribution in [0.4, 0.5) is 10.5 Å². The fraction of sp³-hybridized carbons (Fsp3) is 0.0769. The Bertz CT molecular complexity index is 1470. The third-order valence-corrected chi connectivity index (χ3v) is 6.95. The molecule has 0 spiro atoms. The Balaban J connectivity index is 1.53. The van der Waals surface area contributed by atoms with E-state index in [1.54, 1.807) is 30.3 Å². The van der Waals surface area contributed by atoms with Crippen LogP contribution in [0.15, 0.2) is 65.6 Å². The highest BCUT2D eigenvalue weighted by Crippen LogP contribution is 2.34. The minimum atomic E-state index is -0.637. The van der Waals surface area contributed by atoms with Crippen LogP contribution in [0.2, 0.25) is 10.0 Å². The van der Waals surface area contributed by atoms with E-state index in [0.29, 0.717) is 26.9 Å². The van der Waals surface area contributed by atoms with E-state index in [4.69, 9.17) is 23.2 Å². The maximum absolute atomic E-state index is 12.9. The lowest BCUT2D eigenvalue weighted by Gasteiger charge is -2.13. The van der Waals surface area contributed by atoms with Crippen LogP contribution in [-0.2, 0) is 16.1 Å². The number of rotatable bonds is 6. The van der Waals surface area contributed by atoms with Crippen LogP contribution in [0.5, 0.6) is 5.75 Å². The first-order valence-corrected chi connectivity index (χ1v) is 12.3. The summed E-state index contributed by atoms with van der Waals surface area (Å²) in [5, 5.41) is 13.1. The van der Waals surface area contributed by atoms with Gasteiger partial charge in [0.25, 0.3) is 17.1 Å². The molecule has 0 bridgehead atoms. The Morgan fingerprint density at radius 1 is 1.05 bits per heavy atom. The van der Waals surface area contributed by atoms with Gasteiger partial charge in [0.2, 0.25) is 0 Å². The number of halogens is 2. The zero-order valence-electron chi connectivity index (χ0n) is 19.2. The standard InChI is InChI=1S/C26H18Cl2N2O6S/c1-36-25(34)16-3-2-4-17(12-16)29-23(32)18-9-14(6-8-21(18)31)11-22-24(33)30(26(35)37-22)13-15-5-7-19(27)20(28)10-15/h2-12,31H,13H2,1H3,(H,29,32)/b22-11+. The van der Waals surface area contributed by atoms with Gasteiger partial charge in [0.15, 0.2) is 0 Å². The van der Waals surface area contributed by atoms with Crippen LogP contribution >= 0.6 is 35.0 Å². The van der Waals surface area contributed by atoms with E-state index >= 15 is 0 Å². The number of methoxy groups -OCH3 is 1. The Morgan fingerprint density at radius 2 is 1.84 bits per heavy atom. The highest BCUT2D eigenvalue weighted by Gasteiger charge is 2.35. The molecule has 8 nitrogen and oxygen atoms in total. The molecule has 0 aromatic heterocycles. The summed E-state index contributed by atoms with van der Waals surface area (Å²) in [6, 6.07) is 15.2. The van der Waals surface area contributed by atoms with Crippen LogP contribution in [0, 0.1) is 0 Å². The van der Waals surface area contributed by atoms with Crippen LogP contribution in [0.1, 0.15) is 31.8 Å². The molecular formula is C26H18Cl2N2O6S. The van der Waals surface area contributed by atoms with Gasteiger partial charge in [-0.2, -0.15) is 0 Å². The fourth-order valence-corrected chi connectivity index (χ4v) is 4.63. The van der Waals surface area contributed by atoms with Crippen molar-refractivity contribution in [3.63, 3.8) is 0 Å². The van der Waals surface area contributed by atoms with E-state index in [1.807, 2.05) is 0 Å². The second-order valence-corrected chi connectivity index (χ2v) is 9.63. The van der Waals surface area contributed by atoms with Gasteiger partial charge in [-0.3, -0.25) is 19.3 Å². The van der Waals surface area contributed by atoms with E-state index in [9.17, 15) is 24.3 Å². The van der Waals surface area contributed by atoms with Gasteiger partial charge in [-0.05, 0) is 71.4 Å². The number of nitrogens with zero attached hydrogens (tertiary/aromatic N) is 1. The van der Waals surface area contributed by atoms with Gasteiger partial charge in [-0.1, -0.05) is 41.4 Å². The number of carbonyl (C=O) groups is 4. The molecule has 0 saturated carbocycles. The normalized spacial score (nSPS) is 14.2. The zero-order chi connectivity index (χ0) is 26.7. The molecule has 0 atom stereocenters. The molecule has 1 aliphatic heterocycles. The molecule has 1 aliphatic rings. The van der Waals surface area contributed by atoms with Crippen LogP contribution in [-0.4, -0.2) is 40.1 Å². The van der Waals surface area contributed by atoms with Gasteiger partial charge in [0, 0.05) is 5.69 Å². The summed E-state index contributed by atoms with van der Waals surface area (Å²) in [6.07, 6.45) is 1.47. The van der Waals surface area contributed by atoms with Crippen molar-refractivity contribution in [2.45, 2.75) is 6.54 Å². The minimum absolute atomic E-state index is 0.0206. The number of benzene rings is 3. The molecule has 1 fully saturated rings. The average molecular weight is 557 g/mol. The van der Waals surface area contributed by atoms with Gasteiger partial charge in [-0.25, -0.2) is 4.79 Å². The van der Waals surface area contributed by atoms with Crippen molar-refractivity contribution < 1.29 is 29.0 Å². The van der Waals surface area contributed by atoms with Crippen LogP contribution in [0.3, 0.4) is 0 Å². The number of hydrogen-bond donors (Lipinski definition) is 2. The molecular weight excluding hydrogens is 539 g/mol. The number of aromatic hydroxyl groups is 1. The average Bonchev–Trinajstić information content (AvgIpc) is 3.14. The second-order valence-electron chi connectivity index (χ2n) is 7.82. The highest BCUT2D eigenvalue weighted by atomic mass is 35.5. The summed E-state index contributed by atoms with van der Waals surface area (Å²) in [6.45, 7) is 0.0206. The lowest BCUT2D eigenvalue weighted by Crippen LogP contribution is -2.27. The van der Waals surface area contributed by atoms with Crippen molar-refractivity contribution in [3.05, 3.63) is 97.9 Å². The van der Waals surface area contributed by atoms with Gasteiger partial charge in [-0.15, -0.1) is 0 Å². The molecule has 3 aromatic rings. The maximum Gasteiger partial charge on any atom is 0.337 e. The quantitative estimate of drug-likeness (QED) is 0.284. The Kier molecular flexibility index (Phi) is 7.87. The van der Waals surface area contributed by atoms with E-state index < -0.39 is 23.0 Å². The third-order valence-electron chi connectivity index (χ3n) is 5.30. The summed E-state index contributed by atoms with van der Waals surface area (Å²) in [5.41, 5.74) is 1.56. The molecule has 37 heavy (non-hydrogen) atoms. The number of amides is 3. The van der Waals surface area contributed by atoms with Crippen molar-refractivity contribution in [2.75, 3.05) is 12.4 Å². The lowest BCUT2D eigenvalue weighted by molar-refractivity contribution is -0.123. The predicted molar refractivity (Wildman–Crippen MR) is 142 cm³/mol. The second kappa shape index (κ2) is 11.1. The number of imide groups is 1. The number of thioether (sulfide) groups is 1. The summed E-state index contributed by atoms with van der Waals surface area (Å²) < 4.78 is 4.68. The molecule has 3 amide bonds. The van der Waals surface area contributed by atoms with Crippen LogP contribution in [0.25, 0.3) is 6.08 Å². The molecule has 0 unspecified atom stereocenters. The Labute approximate surface area is 225 Å². The van der Waals surface area contributed by atoms with Gasteiger partial charge >= 0.3 is 5.97 Å². The number of phenolic OH excluding ortho intramolecular Hbond substituents is 1. The number of ether oxygens (including phenoxy) is 1. The summed E-state index contributed by atoms with van der Waals surface area (Å²) in [7, 11) is 1.25. The minimum Gasteiger partial charge on any atom is -0.507 e. The molecule has 1 saturated heterocycles. The first kappa shape index (κ1) is 26.3.